The lowest BCUT2D eigenvalue weighted by atomic mass is 10.1. The van der Waals surface area contributed by atoms with Gasteiger partial charge in [-0.05, 0) is 31.4 Å². The Morgan fingerprint density at radius 3 is 2.73 bits per heavy atom. The summed E-state index contributed by atoms with van der Waals surface area (Å²) < 4.78 is 25.4. The molecule has 1 aromatic carbocycles. The van der Waals surface area contributed by atoms with Gasteiger partial charge in [-0.1, -0.05) is 12.1 Å². The number of hydrogen-bond donors (Lipinski definition) is 2. The van der Waals surface area contributed by atoms with Gasteiger partial charge in [0.05, 0.1) is 17.5 Å². The highest BCUT2D eigenvalue weighted by atomic mass is 32.2. The maximum absolute atomic E-state index is 12.8. The van der Waals surface area contributed by atoms with Crippen molar-refractivity contribution in [1.29, 1.82) is 0 Å². The molecule has 6 nitrogen and oxygen atoms in total. The third-order valence-electron chi connectivity index (χ3n) is 4.26. The number of rotatable bonds is 3. The summed E-state index contributed by atoms with van der Waals surface area (Å²) in [5, 5.41) is 3.54. The molecule has 2 fully saturated rings. The fourth-order valence-corrected chi connectivity index (χ4v) is 3.83. The summed E-state index contributed by atoms with van der Waals surface area (Å²) in [5.41, 5.74) is 0.753. The van der Waals surface area contributed by atoms with E-state index in [4.69, 9.17) is 0 Å². The van der Waals surface area contributed by atoms with Gasteiger partial charge in [-0.2, -0.15) is 0 Å². The van der Waals surface area contributed by atoms with Gasteiger partial charge in [0.2, 0.25) is 10.0 Å². The lowest BCUT2D eigenvalue weighted by molar-refractivity contribution is 0.0749. The number of likely N-dealkylation sites (tertiary alicyclic amines) is 1. The molecule has 120 valence electrons. The molecule has 0 spiro atoms. The van der Waals surface area contributed by atoms with Gasteiger partial charge in [-0.3, -0.25) is 9.52 Å². The van der Waals surface area contributed by atoms with Crippen LogP contribution in [-0.4, -0.2) is 50.7 Å². The molecule has 2 N–H and O–H groups in total. The van der Waals surface area contributed by atoms with Crippen LogP contribution in [-0.2, 0) is 10.0 Å². The molecule has 2 bridgehead atoms. The standard InChI is InChI=1S/C15H21N3O3S/c1-22(20,21)17-14-5-3-2-4-13(14)15(19)18-9-8-11-6-7-12(10-18)16-11/h2-5,11-12,16-17H,6-10H2,1H3. The van der Waals surface area contributed by atoms with Crippen LogP contribution in [0.2, 0.25) is 0 Å². The van der Waals surface area contributed by atoms with Crippen LogP contribution in [0.4, 0.5) is 5.69 Å². The molecule has 22 heavy (non-hydrogen) atoms. The number of benzene rings is 1. The summed E-state index contributed by atoms with van der Waals surface area (Å²) in [4.78, 5) is 14.6. The second-order valence-corrected chi connectivity index (χ2v) is 7.85. The molecule has 7 heteroatoms. The SMILES string of the molecule is CS(=O)(=O)Nc1ccccc1C(=O)N1CCC2CCC(C1)N2. The van der Waals surface area contributed by atoms with Crippen molar-refractivity contribution >= 4 is 21.6 Å². The van der Waals surface area contributed by atoms with Gasteiger partial charge < -0.3 is 10.2 Å². The number of carbonyl (C=O) groups excluding carboxylic acids is 1. The Balaban J connectivity index is 1.83. The summed E-state index contributed by atoms with van der Waals surface area (Å²) in [6.07, 6.45) is 4.31. The Morgan fingerprint density at radius 2 is 1.95 bits per heavy atom. The molecule has 2 saturated heterocycles. The zero-order chi connectivity index (χ0) is 15.7. The minimum absolute atomic E-state index is 0.110. The van der Waals surface area contributed by atoms with Crippen LogP contribution in [0.1, 0.15) is 29.6 Å². The number of para-hydroxylation sites is 1. The fraction of sp³-hybridized carbons (Fsp3) is 0.533. The Hall–Kier alpha value is -1.60. The molecule has 2 aliphatic rings. The van der Waals surface area contributed by atoms with Crippen molar-refractivity contribution in [1.82, 2.24) is 10.2 Å². The number of hydrogen-bond acceptors (Lipinski definition) is 4. The van der Waals surface area contributed by atoms with Crippen molar-refractivity contribution in [3.63, 3.8) is 0 Å². The van der Waals surface area contributed by atoms with Gasteiger partial charge in [0, 0.05) is 25.2 Å². The number of amides is 1. The Morgan fingerprint density at radius 1 is 1.23 bits per heavy atom. The van der Waals surface area contributed by atoms with E-state index in [1.54, 1.807) is 24.3 Å². The minimum Gasteiger partial charge on any atom is -0.337 e. The number of carbonyl (C=O) groups is 1. The zero-order valence-electron chi connectivity index (χ0n) is 12.6. The summed E-state index contributed by atoms with van der Waals surface area (Å²) >= 11 is 0. The van der Waals surface area contributed by atoms with Gasteiger partial charge in [-0.25, -0.2) is 8.42 Å². The van der Waals surface area contributed by atoms with Crippen molar-refractivity contribution in [2.45, 2.75) is 31.3 Å². The van der Waals surface area contributed by atoms with Crippen LogP contribution in [0, 0.1) is 0 Å². The van der Waals surface area contributed by atoms with E-state index in [-0.39, 0.29) is 5.91 Å². The van der Waals surface area contributed by atoms with Crippen LogP contribution in [0.15, 0.2) is 24.3 Å². The van der Waals surface area contributed by atoms with E-state index in [1.165, 1.54) is 6.42 Å². The van der Waals surface area contributed by atoms with Crippen LogP contribution >= 0.6 is 0 Å². The smallest absolute Gasteiger partial charge is 0.256 e. The normalized spacial score (nSPS) is 24.9. The van der Waals surface area contributed by atoms with Crippen molar-refractivity contribution < 1.29 is 13.2 Å². The largest absolute Gasteiger partial charge is 0.337 e. The molecule has 0 aromatic heterocycles. The number of fused-ring (bicyclic) bond motifs is 2. The number of anilines is 1. The minimum atomic E-state index is -3.41. The third-order valence-corrected chi connectivity index (χ3v) is 4.85. The Bertz CT molecular complexity index is 674. The average Bonchev–Trinajstić information content (AvgIpc) is 2.76. The van der Waals surface area contributed by atoms with E-state index >= 15 is 0 Å². The average molecular weight is 323 g/mol. The van der Waals surface area contributed by atoms with E-state index in [2.05, 4.69) is 10.0 Å². The van der Waals surface area contributed by atoms with Crippen molar-refractivity contribution in [2.75, 3.05) is 24.1 Å². The lowest BCUT2D eigenvalue weighted by Crippen LogP contribution is -2.39. The Kier molecular flexibility index (Phi) is 4.10. The predicted molar refractivity (Wildman–Crippen MR) is 85.4 cm³/mol. The quantitative estimate of drug-likeness (QED) is 0.871. The van der Waals surface area contributed by atoms with Crippen LogP contribution < -0.4 is 10.0 Å². The predicted octanol–water partition coefficient (Wildman–Crippen LogP) is 1.02. The topological polar surface area (TPSA) is 78.5 Å². The second kappa shape index (κ2) is 5.89. The third kappa shape index (κ3) is 3.41. The number of nitrogens with one attached hydrogen (secondary N) is 2. The monoisotopic (exact) mass is 323 g/mol. The van der Waals surface area contributed by atoms with E-state index in [0.717, 1.165) is 19.1 Å². The molecule has 1 amide bonds. The highest BCUT2D eigenvalue weighted by molar-refractivity contribution is 7.92. The fourth-order valence-electron chi connectivity index (χ4n) is 3.26. The first kappa shape index (κ1) is 15.3. The van der Waals surface area contributed by atoms with E-state index < -0.39 is 10.0 Å². The number of nitrogens with zero attached hydrogens (tertiary/aromatic N) is 1. The molecule has 1 aromatic rings. The van der Waals surface area contributed by atoms with E-state index in [0.29, 0.717) is 36.4 Å². The molecule has 2 unspecified atom stereocenters. The van der Waals surface area contributed by atoms with E-state index in [1.807, 2.05) is 4.90 Å². The first-order valence-corrected chi connectivity index (χ1v) is 9.43. The molecule has 2 atom stereocenters. The maximum atomic E-state index is 12.8. The Labute approximate surface area is 130 Å². The van der Waals surface area contributed by atoms with Gasteiger partial charge >= 0.3 is 0 Å². The van der Waals surface area contributed by atoms with E-state index in [9.17, 15) is 13.2 Å². The molecule has 2 heterocycles. The summed E-state index contributed by atoms with van der Waals surface area (Å²) in [5.74, 6) is -0.110. The highest BCUT2D eigenvalue weighted by Gasteiger charge is 2.32. The molecule has 2 aliphatic heterocycles. The van der Waals surface area contributed by atoms with Gasteiger partial charge in [-0.15, -0.1) is 0 Å². The number of sulfonamides is 1. The second-order valence-electron chi connectivity index (χ2n) is 6.10. The van der Waals surface area contributed by atoms with Crippen molar-refractivity contribution in [3.8, 4) is 0 Å². The molecule has 0 radical (unpaired) electrons. The van der Waals surface area contributed by atoms with Gasteiger partial charge in [0.25, 0.3) is 5.91 Å². The van der Waals surface area contributed by atoms with Crippen LogP contribution in [0.5, 0.6) is 0 Å². The zero-order valence-corrected chi connectivity index (χ0v) is 13.4. The molecule has 3 rings (SSSR count). The molecule has 0 saturated carbocycles. The summed E-state index contributed by atoms with van der Waals surface area (Å²) in [7, 11) is -3.41. The molecule has 0 aliphatic carbocycles. The first-order valence-electron chi connectivity index (χ1n) is 7.54. The van der Waals surface area contributed by atoms with Gasteiger partial charge in [0.15, 0.2) is 0 Å². The highest BCUT2D eigenvalue weighted by Crippen LogP contribution is 2.24. The van der Waals surface area contributed by atoms with Crippen LogP contribution in [0.25, 0.3) is 0 Å². The molecular weight excluding hydrogens is 302 g/mol. The maximum Gasteiger partial charge on any atom is 0.256 e. The van der Waals surface area contributed by atoms with Crippen molar-refractivity contribution in [2.24, 2.45) is 0 Å². The summed E-state index contributed by atoms with van der Waals surface area (Å²) in [6, 6.07) is 7.63. The van der Waals surface area contributed by atoms with Gasteiger partial charge in [0.1, 0.15) is 0 Å². The van der Waals surface area contributed by atoms with Crippen molar-refractivity contribution in [3.05, 3.63) is 29.8 Å². The summed E-state index contributed by atoms with van der Waals surface area (Å²) in [6.45, 7) is 1.39. The van der Waals surface area contributed by atoms with Crippen LogP contribution in [0.3, 0.4) is 0 Å². The first-order chi connectivity index (χ1) is 10.4. The lowest BCUT2D eigenvalue weighted by Gasteiger charge is -2.25. The molecular formula is C15H21N3O3S.